The van der Waals surface area contributed by atoms with E-state index in [1.54, 1.807) is 17.0 Å². The van der Waals surface area contributed by atoms with E-state index in [9.17, 15) is 4.79 Å². The Labute approximate surface area is 187 Å². The average molecular weight is 431 g/mol. The third kappa shape index (κ3) is 4.68. The van der Waals surface area contributed by atoms with E-state index in [0.717, 1.165) is 55.5 Å². The van der Waals surface area contributed by atoms with Crippen molar-refractivity contribution in [1.82, 2.24) is 19.6 Å². The molecule has 0 saturated carbocycles. The number of fused-ring (bicyclic) bond motifs is 1. The van der Waals surface area contributed by atoms with Crippen LogP contribution in [0.2, 0.25) is 0 Å². The van der Waals surface area contributed by atoms with Crippen molar-refractivity contribution < 1.29 is 14.3 Å². The fourth-order valence-corrected chi connectivity index (χ4v) is 3.99. The number of amides is 1. The molecule has 0 spiro atoms. The molecular formula is C25H26N4O3. The van der Waals surface area contributed by atoms with E-state index in [1.165, 1.54) is 5.56 Å². The van der Waals surface area contributed by atoms with Gasteiger partial charge in [-0.05, 0) is 35.9 Å². The van der Waals surface area contributed by atoms with Crippen molar-refractivity contribution in [2.75, 3.05) is 39.4 Å². The molecule has 0 radical (unpaired) electrons. The summed E-state index contributed by atoms with van der Waals surface area (Å²) in [4.78, 5) is 16.9. The largest absolute Gasteiger partial charge is 0.486 e. The van der Waals surface area contributed by atoms with Crippen LogP contribution in [0.25, 0.3) is 11.8 Å². The molecule has 1 fully saturated rings. The summed E-state index contributed by atoms with van der Waals surface area (Å²) in [5, 5.41) is 4.37. The predicted molar refractivity (Wildman–Crippen MR) is 122 cm³/mol. The molecule has 2 aliphatic rings. The molecule has 0 N–H and O–H groups in total. The van der Waals surface area contributed by atoms with Crippen molar-refractivity contribution >= 4 is 12.0 Å². The smallest absolute Gasteiger partial charge is 0.246 e. The highest BCUT2D eigenvalue weighted by Crippen LogP contribution is 2.31. The SMILES string of the molecule is O=C(C=Cc1cnn(-c2ccccc2)c1)N1CCN(Cc2ccc3c(c2)OCCO3)CC1. The number of carbonyl (C=O) groups is 1. The van der Waals surface area contributed by atoms with Gasteiger partial charge in [-0.15, -0.1) is 0 Å². The number of piperazine rings is 1. The van der Waals surface area contributed by atoms with Gasteiger partial charge in [0.2, 0.25) is 5.91 Å². The first-order valence-electron chi connectivity index (χ1n) is 10.9. The topological polar surface area (TPSA) is 59.8 Å². The minimum absolute atomic E-state index is 0.0384. The Kier molecular flexibility index (Phi) is 5.89. The number of para-hydroxylation sites is 1. The van der Waals surface area contributed by atoms with Gasteiger partial charge in [-0.2, -0.15) is 5.10 Å². The van der Waals surface area contributed by atoms with Crippen LogP contribution in [0.1, 0.15) is 11.1 Å². The van der Waals surface area contributed by atoms with Gasteiger partial charge in [0.15, 0.2) is 11.5 Å². The zero-order valence-electron chi connectivity index (χ0n) is 17.9. The molecule has 3 aromatic rings. The number of hydrogen-bond donors (Lipinski definition) is 0. The van der Waals surface area contributed by atoms with E-state index in [4.69, 9.17) is 9.47 Å². The standard InChI is InChI=1S/C25H26N4O3/c30-25(9-7-21-17-26-29(19-21)22-4-2-1-3-5-22)28-12-10-27(11-13-28)18-20-6-8-23-24(16-20)32-15-14-31-23/h1-9,16-17,19H,10-15,18H2. The Morgan fingerprint density at radius 1 is 0.969 bits per heavy atom. The number of aromatic nitrogens is 2. The van der Waals surface area contributed by atoms with Crippen molar-refractivity contribution in [1.29, 1.82) is 0 Å². The fraction of sp³-hybridized carbons (Fsp3) is 0.280. The number of ether oxygens (including phenoxy) is 2. The van der Waals surface area contributed by atoms with E-state index in [1.807, 2.05) is 53.6 Å². The maximum absolute atomic E-state index is 12.6. The summed E-state index contributed by atoms with van der Waals surface area (Å²) in [5.41, 5.74) is 3.09. The molecule has 0 aliphatic carbocycles. The second-order valence-electron chi connectivity index (χ2n) is 7.97. The number of carbonyl (C=O) groups excluding carboxylic acids is 1. The summed E-state index contributed by atoms with van der Waals surface area (Å²) in [7, 11) is 0. The summed E-state index contributed by atoms with van der Waals surface area (Å²) in [6.07, 6.45) is 7.16. The molecular weight excluding hydrogens is 404 g/mol. The van der Waals surface area contributed by atoms with Gasteiger partial charge in [0.1, 0.15) is 13.2 Å². The predicted octanol–water partition coefficient (Wildman–Crippen LogP) is 3.00. The lowest BCUT2D eigenvalue weighted by molar-refractivity contribution is -0.127. The molecule has 2 aromatic carbocycles. The van der Waals surface area contributed by atoms with E-state index in [0.29, 0.717) is 13.2 Å². The highest BCUT2D eigenvalue weighted by atomic mass is 16.6. The maximum Gasteiger partial charge on any atom is 0.246 e. The van der Waals surface area contributed by atoms with Gasteiger partial charge >= 0.3 is 0 Å². The Morgan fingerprint density at radius 3 is 2.56 bits per heavy atom. The highest BCUT2D eigenvalue weighted by Gasteiger charge is 2.20. The first-order chi connectivity index (χ1) is 15.7. The molecule has 5 rings (SSSR count). The lowest BCUT2D eigenvalue weighted by Crippen LogP contribution is -2.47. The Hall–Kier alpha value is -3.58. The average Bonchev–Trinajstić information content (AvgIpc) is 3.33. The van der Waals surface area contributed by atoms with Crippen LogP contribution in [-0.2, 0) is 11.3 Å². The molecule has 0 bridgehead atoms. The van der Waals surface area contributed by atoms with Crippen molar-refractivity contribution in [2.24, 2.45) is 0 Å². The third-order valence-electron chi connectivity index (χ3n) is 5.74. The molecule has 32 heavy (non-hydrogen) atoms. The first-order valence-corrected chi connectivity index (χ1v) is 10.9. The molecule has 7 nitrogen and oxygen atoms in total. The van der Waals surface area contributed by atoms with E-state index < -0.39 is 0 Å². The quantitative estimate of drug-likeness (QED) is 0.583. The fourth-order valence-electron chi connectivity index (χ4n) is 3.99. The zero-order valence-corrected chi connectivity index (χ0v) is 17.9. The summed E-state index contributed by atoms with van der Waals surface area (Å²) in [6, 6.07) is 16.0. The zero-order chi connectivity index (χ0) is 21.8. The monoisotopic (exact) mass is 430 g/mol. The third-order valence-corrected chi connectivity index (χ3v) is 5.74. The van der Waals surface area contributed by atoms with Gasteiger partial charge in [0.05, 0.1) is 11.9 Å². The van der Waals surface area contributed by atoms with Gasteiger partial charge in [-0.1, -0.05) is 24.3 Å². The minimum Gasteiger partial charge on any atom is -0.486 e. The molecule has 0 unspecified atom stereocenters. The Bertz CT molecular complexity index is 1100. The number of rotatable bonds is 5. The second kappa shape index (κ2) is 9.28. The summed E-state index contributed by atoms with van der Waals surface area (Å²) in [6.45, 7) is 5.17. The van der Waals surface area contributed by atoms with Crippen LogP contribution < -0.4 is 9.47 Å². The molecule has 1 aromatic heterocycles. The summed E-state index contributed by atoms with van der Waals surface area (Å²) < 4.78 is 13.1. The Morgan fingerprint density at radius 2 is 1.75 bits per heavy atom. The number of benzene rings is 2. The normalized spacial score (nSPS) is 16.4. The van der Waals surface area contributed by atoms with Crippen LogP contribution in [0.4, 0.5) is 0 Å². The van der Waals surface area contributed by atoms with E-state index >= 15 is 0 Å². The van der Waals surface area contributed by atoms with Gasteiger partial charge < -0.3 is 14.4 Å². The molecule has 1 amide bonds. The van der Waals surface area contributed by atoms with Crippen LogP contribution in [0.3, 0.4) is 0 Å². The molecule has 164 valence electrons. The number of nitrogens with zero attached hydrogens (tertiary/aromatic N) is 4. The maximum atomic E-state index is 12.6. The lowest BCUT2D eigenvalue weighted by Gasteiger charge is -2.34. The van der Waals surface area contributed by atoms with Gasteiger partial charge in [0.25, 0.3) is 0 Å². The summed E-state index contributed by atoms with van der Waals surface area (Å²) in [5.74, 6) is 1.68. The first kappa shape index (κ1) is 20.3. The second-order valence-corrected chi connectivity index (χ2v) is 7.97. The van der Waals surface area contributed by atoms with Crippen molar-refractivity contribution in [3.8, 4) is 17.2 Å². The lowest BCUT2D eigenvalue weighted by atomic mass is 10.1. The van der Waals surface area contributed by atoms with Crippen LogP contribution in [0, 0.1) is 0 Å². The van der Waals surface area contributed by atoms with Gasteiger partial charge in [-0.3, -0.25) is 9.69 Å². The van der Waals surface area contributed by atoms with Gasteiger partial charge in [-0.25, -0.2) is 4.68 Å². The van der Waals surface area contributed by atoms with Crippen LogP contribution in [0.15, 0.2) is 67.0 Å². The molecule has 2 aliphatic heterocycles. The van der Waals surface area contributed by atoms with Crippen LogP contribution in [-0.4, -0.2) is 64.9 Å². The molecule has 7 heteroatoms. The van der Waals surface area contributed by atoms with Crippen molar-refractivity contribution in [3.63, 3.8) is 0 Å². The highest BCUT2D eigenvalue weighted by molar-refractivity contribution is 5.91. The summed E-state index contributed by atoms with van der Waals surface area (Å²) >= 11 is 0. The van der Waals surface area contributed by atoms with Crippen LogP contribution in [0.5, 0.6) is 11.5 Å². The van der Waals surface area contributed by atoms with Crippen molar-refractivity contribution in [2.45, 2.75) is 6.54 Å². The number of hydrogen-bond acceptors (Lipinski definition) is 5. The molecule has 3 heterocycles. The Balaban J connectivity index is 1.13. The van der Waals surface area contributed by atoms with E-state index in [-0.39, 0.29) is 5.91 Å². The van der Waals surface area contributed by atoms with Crippen molar-refractivity contribution in [3.05, 3.63) is 78.1 Å². The molecule has 1 saturated heterocycles. The minimum atomic E-state index is 0.0384. The van der Waals surface area contributed by atoms with Crippen LogP contribution >= 0.6 is 0 Å². The van der Waals surface area contributed by atoms with Gasteiger partial charge in [0, 0.05) is 50.6 Å². The van der Waals surface area contributed by atoms with E-state index in [2.05, 4.69) is 22.1 Å². The molecule has 0 atom stereocenters.